The van der Waals surface area contributed by atoms with E-state index in [9.17, 15) is 4.79 Å². The van der Waals surface area contributed by atoms with Crippen LogP contribution in [0.4, 0.5) is 10.7 Å². The molecule has 24 heavy (non-hydrogen) atoms. The third kappa shape index (κ3) is 4.63. The molecular formula is C16H23ClN4O3. The Balaban J connectivity index is 1.56. The summed E-state index contributed by atoms with van der Waals surface area (Å²) in [7, 11) is 0. The van der Waals surface area contributed by atoms with Crippen molar-refractivity contribution in [3.05, 3.63) is 11.2 Å². The number of hydrogen-bond donors (Lipinski definition) is 1. The Hall–Kier alpha value is -1.76. The normalized spacial score (nSPS) is 20.8. The lowest BCUT2D eigenvalue weighted by molar-refractivity contribution is 0.0293. The van der Waals surface area contributed by atoms with Crippen molar-refractivity contribution in [1.29, 1.82) is 0 Å². The Kier molecular flexibility index (Phi) is 4.71. The van der Waals surface area contributed by atoms with Gasteiger partial charge in [0.1, 0.15) is 16.7 Å². The first-order chi connectivity index (χ1) is 11.3. The van der Waals surface area contributed by atoms with E-state index >= 15 is 0 Å². The molecule has 132 valence electrons. The number of ether oxygens (including phenoxy) is 2. The average Bonchev–Trinajstić information content (AvgIpc) is 3.16. The van der Waals surface area contributed by atoms with Gasteiger partial charge < -0.3 is 19.7 Å². The fraction of sp³-hybridized carbons (Fsp3) is 0.688. The van der Waals surface area contributed by atoms with Crippen molar-refractivity contribution in [2.75, 3.05) is 18.4 Å². The Morgan fingerprint density at radius 1 is 1.38 bits per heavy atom. The summed E-state index contributed by atoms with van der Waals surface area (Å²) in [4.78, 5) is 22.3. The van der Waals surface area contributed by atoms with Gasteiger partial charge >= 0.3 is 6.09 Å². The molecule has 1 aliphatic heterocycles. The molecule has 7 nitrogen and oxygen atoms in total. The molecule has 1 saturated heterocycles. The van der Waals surface area contributed by atoms with Crippen LogP contribution in [0.3, 0.4) is 0 Å². The van der Waals surface area contributed by atoms with E-state index in [1.807, 2.05) is 20.8 Å². The third-order valence-electron chi connectivity index (χ3n) is 3.69. The van der Waals surface area contributed by atoms with Crippen molar-refractivity contribution in [2.24, 2.45) is 0 Å². The molecule has 0 radical (unpaired) electrons. The van der Waals surface area contributed by atoms with Gasteiger partial charge in [0.25, 0.3) is 0 Å². The van der Waals surface area contributed by atoms with Crippen molar-refractivity contribution in [1.82, 2.24) is 14.9 Å². The maximum absolute atomic E-state index is 12.1. The number of nitrogens with zero attached hydrogens (tertiary/aromatic N) is 3. The van der Waals surface area contributed by atoms with Crippen molar-refractivity contribution in [3.63, 3.8) is 0 Å². The smallest absolute Gasteiger partial charge is 0.410 e. The molecule has 1 saturated carbocycles. The van der Waals surface area contributed by atoms with Crippen LogP contribution in [0.1, 0.15) is 40.0 Å². The Labute approximate surface area is 146 Å². The predicted molar refractivity (Wildman–Crippen MR) is 90.5 cm³/mol. The van der Waals surface area contributed by atoms with Gasteiger partial charge in [0.15, 0.2) is 0 Å². The Morgan fingerprint density at radius 2 is 2.12 bits per heavy atom. The summed E-state index contributed by atoms with van der Waals surface area (Å²) < 4.78 is 11.1. The monoisotopic (exact) mass is 354 g/mol. The number of likely N-dealkylation sites (tertiary alicyclic amines) is 1. The summed E-state index contributed by atoms with van der Waals surface area (Å²) in [5, 5.41) is 3.65. The minimum atomic E-state index is -0.489. The second kappa shape index (κ2) is 6.63. The summed E-state index contributed by atoms with van der Waals surface area (Å²) in [5.74, 6) is 0.879. The number of halogens is 1. The van der Waals surface area contributed by atoms with Crippen molar-refractivity contribution in [2.45, 2.75) is 57.8 Å². The number of nitrogens with one attached hydrogen (secondary N) is 1. The van der Waals surface area contributed by atoms with E-state index in [4.69, 9.17) is 21.1 Å². The first-order valence-corrected chi connectivity index (χ1v) is 8.61. The number of aromatic nitrogens is 2. The average molecular weight is 355 g/mol. The quantitative estimate of drug-likeness (QED) is 0.895. The standard InChI is InChI=1S/C16H23ClN4O3/c1-16(2,3)24-15(22)21-7-6-10(9-21)19-14-18-8-12(17)13(20-14)23-11-4-5-11/h8,10-11H,4-7,9H2,1-3H3,(H,18,19,20)/t10-/m0/s1. The van der Waals surface area contributed by atoms with E-state index < -0.39 is 5.60 Å². The van der Waals surface area contributed by atoms with Crippen LogP contribution in [0, 0.1) is 0 Å². The summed E-state index contributed by atoms with van der Waals surface area (Å²) in [5.41, 5.74) is -0.489. The molecule has 0 aromatic carbocycles. The molecule has 1 aromatic heterocycles. The zero-order valence-corrected chi connectivity index (χ0v) is 15.0. The molecule has 3 rings (SSSR count). The van der Waals surface area contributed by atoms with E-state index in [-0.39, 0.29) is 18.2 Å². The predicted octanol–water partition coefficient (Wildman–Crippen LogP) is 3.09. The van der Waals surface area contributed by atoms with Crippen LogP contribution in [-0.2, 0) is 4.74 Å². The number of amides is 1. The number of carbonyl (C=O) groups excluding carboxylic acids is 1. The van der Waals surface area contributed by atoms with Crippen LogP contribution in [-0.4, -0.2) is 51.8 Å². The van der Waals surface area contributed by atoms with Crippen molar-refractivity contribution in [3.8, 4) is 5.88 Å². The number of hydrogen-bond acceptors (Lipinski definition) is 6. The maximum Gasteiger partial charge on any atom is 0.410 e. The van der Waals surface area contributed by atoms with E-state index in [2.05, 4.69) is 15.3 Å². The minimum Gasteiger partial charge on any atom is -0.473 e. The first kappa shape index (κ1) is 17.1. The first-order valence-electron chi connectivity index (χ1n) is 8.24. The number of anilines is 1. The zero-order chi connectivity index (χ0) is 17.3. The van der Waals surface area contributed by atoms with E-state index in [1.165, 1.54) is 6.20 Å². The lowest BCUT2D eigenvalue weighted by Crippen LogP contribution is -2.36. The molecule has 1 atom stereocenters. The van der Waals surface area contributed by atoms with E-state index in [1.54, 1.807) is 4.90 Å². The summed E-state index contributed by atoms with van der Waals surface area (Å²) >= 11 is 6.06. The van der Waals surface area contributed by atoms with Gasteiger partial charge in [0.05, 0.1) is 6.20 Å². The molecule has 8 heteroatoms. The third-order valence-corrected chi connectivity index (χ3v) is 3.95. The van der Waals surface area contributed by atoms with Gasteiger partial charge in [0, 0.05) is 19.1 Å². The molecule has 2 aliphatic rings. The second-order valence-corrected chi connectivity index (χ2v) is 7.63. The number of rotatable bonds is 4. The van der Waals surface area contributed by atoms with Crippen molar-refractivity contribution < 1.29 is 14.3 Å². The largest absolute Gasteiger partial charge is 0.473 e. The molecule has 1 aromatic rings. The molecule has 0 bridgehead atoms. The molecule has 1 N–H and O–H groups in total. The van der Waals surface area contributed by atoms with Gasteiger partial charge in [-0.3, -0.25) is 0 Å². The maximum atomic E-state index is 12.1. The van der Waals surface area contributed by atoms with Gasteiger partial charge in [-0.2, -0.15) is 4.98 Å². The van der Waals surface area contributed by atoms with Crippen LogP contribution >= 0.6 is 11.6 Å². The molecule has 2 fully saturated rings. The highest BCUT2D eigenvalue weighted by Crippen LogP contribution is 2.30. The highest BCUT2D eigenvalue weighted by atomic mass is 35.5. The van der Waals surface area contributed by atoms with Crippen molar-refractivity contribution >= 4 is 23.6 Å². The second-order valence-electron chi connectivity index (χ2n) is 7.22. The lowest BCUT2D eigenvalue weighted by atomic mass is 10.2. The molecule has 0 unspecified atom stereocenters. The highest BCUT2D eigenvalue weighted by Gasteiger charge is 2.30. The van der Waals surface area contributed by atoms with Gasteiger partial charge in [-0.15, -0.1) is 0 Å². The molecule has 2 heterocycles. The van der Waals surface area contributed by atoms with Gasteiger partial charge in [-0.1, -0.05) is 11.6 Å². The Bertz CT molecular complexity index is 616. The van der Waals surface area contributed by atoms with E-state index in [0.29, 0.717) is 29.9 Å². The Morgan fingerprint density at radius 3 is 2.79 bits per heavy atom. The molecule has 1 amide bonds. The van der Waals surface area contributed by atoms with Crippen LogP contribution in [0.2, 0.25) is 5.02 Å². The topological polar surface area (TPSA) is 76.6 Å². The SMILES string of the molecule is CC(C)(C)OC(=O)N1CC[C@H](Nc2ncc(Cl)c(OC3CC3)n2)C1. The van der Waals surface area contributed by atoms with Crippen LogP contribution in [0.25, 0.3) is 0 Å². The van der Waals surface area contributed by atoms with Gasteiger partial charge in [-0.05, 0) is 40.0 Å². The molecule has 0 spiro atoms. The molecule has 1 aliphatic carbocycles. The fourth-order valence-corrected chi connectivity index (χ4v) is 2.54. The minimum absolute atomic E-state index is 0.0764. The lowest BCUT2D eigenvalue weighted by Gasteiger charge is -2.24. The van der Waals surface area contributed by atoms with Crippen LogP contribution < -0.4 is 10.1 Å². The summed E-state index contributed by atoms with van der Waals surface area (Å²) in [6, 6.07) is 0.0764. The highest BCUT2D eigenvalue weighted by molar-refractivity contribution is 6.31. The number of carbonyl (C=O) groups is 1. The fourth-order valence-electron chi connectivity index (χ4n) is 2.40. The molecular weight excluding hydrogens is 332 g/mol. The van der Waals surface area contributed by atoms with Crippen LogP contribution in [0.15, 0.2) is 6.20 Å². The van der Waals surface area contributed by atoms with E-state index in [0.717, 1.165) is 19.3 Å². The van der Waals surface area contributed by atoms with Gasteiger partial charge in [0.2, 0.25) is 11.8 Å². The van der Waals surface area contributed by atoms with Crippen LogP contribution in [0.5, 0.6) is 5.88 Å². The summed E-state index contributed by atoms with van der Waals surface area (Å²) in [6.45, 7) is 6.78. The summed E-state index contributed by atoms with van der Waals surface area (Å²) in [6.07, 6.45) is 4.35. The zero-order valence-electron chi connectivity index (χ0n) is 14.2. The van der Waals surface area contributed by atoms with Gasteiger partial charge in [-0.25, -0.2) is 9.78 Å².